The maximum Gasteiger partial charge on any atom is 0.338 e. The van der Waals surface area contributed by atoms with Crippen LogP contribution >= 0.6 is 11.3 Å². The summed E-state index contributed by atoms with van der Waals surface area (Å²) in [5.41, 5.74) is 1.08. The van der Waals surface area contributed by atoms with Crippen molar-refractivity contribution < 1.29 is 27.5 Å². The van der Waals surface area contributed by atoms with Gasteiger partial charge in [-0.05, 0) is 31.0 Å². The quantitative estimate of drug-likeness (QED) is 0.570. The Kier molecular flexibility index (Phi) is 6.33. The van der Waals surface area contributed by atoms with Crippen LogP contribution in [0, 0.1) is 18.7 Å². The molecule has 4 heterocycles. The number of alkyl halides is 2. The minimum atomic E-state index is -3.08. The molecule has 5 rings (SSSR count). The fourth-order valence-electron chi connectivity index (χ4n) is 5.02. The Labute approximate surface area is 209 Å². The lowest BCUT2D eigenvalue weighted by Crippen LogP contribution is -2.44. The van der Waals surface area contributed by atoms with E-state index in [9.17, 15) is 22.8 Å². The maximum atomic E-state index is 14.8. The van der Waals surface area contributed by atoms with Crippen LogP contribution in [0.2, 0.25) is 0 Å². The zero-order valence-corrected chi connectivity index (χ0v) is 20.4. The van der Waals surface area contributed by atoms with E-state index in [1.165, 1.54) is 28.4 Å². The molecule has 12 heteroatoms. The Balaban J connectivity index is 1.63. The minimum Gasteiger partial charge on any atom is -0.463 e. The summed E-state index contributed by atoms with van der Waals surface area (Å²) < 4.78 is 49.4. The normalized spacial score (nSPS) is 25.3. The van der Waals surface area contributed by atoms with Crippen LogP contribution in [0.4, 0.5) is 13.2 Å². The summed E-state index contributed by atoms with van der Waals surface area (Å²) >= 11 is 1.30. The predicted molar refractivity (Wildman–Crippen MR) is 126 cm³/mol. The number of nitrogens with one attached hydrogen (secondary N) is 2. The average Bonchev–Trinajstić information content (AvgIpc) is 3.55. The molecule has 1 aromatic carbocycles. The highest BCUT2D eigenvalue weighted by Gasteiger charge is 2.60. The lowest BCUT2D eigenvalue weighted by Gasteiger charge is -2.31. The second-order valence-corrected chi connectivity index (χ2v) is 9.77. The van der Waals surface area contributed by atoms with Gasteiger partial charge in [-0.25, -0.2) is 22.9 Å². The number of aromatic nitrogens is 1. The highest BCUT2D eigenvalue weighted by molar-refractivity contribution is 7.11. The lowest BCUT2D eigenvalue weighted by atomic mass is 9.92. The number of carbonyl (C=O) groups is 2. The summed E-state index contributed by atoms with van der Waals surface area (Å²) in [5, 5.41) is 7.87. The van der Waals surface area contributed by atoms with Crippen molar-refractivity contribution in [1.29, 1.82) is 0 Å². The number of nitrogens with zero attached hydrogens (tertiary/aromatic N) is 3. The molecule has 1 aromatic heterocycles. The number of hydrogen-bond donors (Lipinski definition) is 2. The third-order valence-corrected chi connectivity index (χ3v) is 7.50. The van der Waals surface area contributed by atoms with Gasteiger partial charge in [-0.15, -0.1) is 11.3 Å². The van der Waals surface area contributed by atoms with Gasteiger partial charge in [0.2, 0.25) is 5.91 Å². The van der Waals surface area contributed by atoms with Gasteiger partial charge in [0.05, 0.1) is 24.6 Å². The van der Waals surface area contributed by atoms with E-state index in [0.29, 0.717) is 22.0 Å². The SMILES string of the molecule is CCOC(=O)C1=C(CN2CC(F)(F)C3CNC(=O)C32)NC(c2nccs2)=NC1c1cccc(F)c1C. The van der Waals surface area contributed by atoms with E-state index in [1.807, 2.05) is 0 Å². The van der Waals surface area contributed by atoms with E-state index < -0.39 is 48.2 Å². The third-order valence-electron chi connectivity index (χ3n) is 6.72. The molecule has 2 saturated heterocycles. The van der Waals surface area contributed by atoms with Crippen LogP contribution in [-0.2, 0) is 14.3 Å². The first-order valence-electron chi connectivity index (χ1n) is 11.5. The van der Waals surface area contributed by atoms with E-state index >= 15 is 0 Å². The number of halogens is 3. The number of amidine groups is 1. The average molecular weight is 520 g/mol. The van der Waals surface area contributed by atoms with Crippen molar-refractivity contribution in [2.24, 2.45) is 10.9 Å². The van der Waals surface area contributed by atoms with E-state index in [4.69, 9.17) is 9.73 Å². The van der Waals surface area contributed by atoms with E-state index in [-0.39, 0.29) is 31.0 Å². The van der Waals surface area contributed by atoms with Crippen molar-refractivity contribution in [1.82, 2.24) is 20.5 Å². The Morgan fingerprint density at radius 2 is 2.17 bits per heavy atom. The van der Waals surface area contributed by atoms with Crippen LogP contribution in [-0.4, -0.2) is 65.8 Å². The first kappa shape index (κ1) is 24.4. The monoisotopic (exact) mass is 519 g/mol. The Morgan fingerprint density at radius 1 is 1.36 bits per heavy atom. The number of benzene rings is 1. The van der Waals surface area contributed by atoms with Crippen LogP contribution in [0.3, 0.4) is 0 Å². The summed E-state index contributed by atoms with van der Waals surface area (Å²) in [4.78, 5) is 36.0. The number of rotatable bonds is 6. The molecular formula is C24H24F3N5O3S. The molecule has 2 aromatic rings. The van der Waals surface area contributed by atoms with Gasteiger partial charge < -0.3 is 15.4 Å². The molecule has 0 aliphatic carbocycles. The fourth-order valence-corrected chi connectivity index (χ4v) is 5.61. The lowest BCUT2D eigenvalue weighted by molar-refractivity contribution is -0.139. The van der Waals surface area contributed by atoms with Crippen LogP contribution in [0.5, 0.6) is 0 Å². The van der Waals surface area contributed by atoms with E-state index in [0.717, 1.165) is 0 Å². The molecule has 0 spiro atoms. The van der Waals surface area contributed by atoms with Crippen molar-refractivity contribution in [3.63, 3.8) is 0 Å². The van der Waals surface area contributed by atoms with Crippen LogP contribution in [0.15, 0.2) is 46.0 Å². The highest BCUT2D eigenvalue weighted by Crippen LogP contribution is 2.42. The van der Waals surface area contributed by atoms with Crippen molar-refractivity contribution in [3.05, 3.63) is 63.0 Å². The largest absolute Gasteiger partial charge is 0.463 e. The molecular weight excluding hydrogens is 495 g/mol. The molecule has 3 unspecified atom stereocenters. The van der Waals surface area contributed by atoms with Crippen molar-refractivity contribution >= 4 is 29.0 Å². The van der Waals surface area contributed by atoms with Crippen LogP contribution in [0.1, 0.15) is 29.1 Å². The fraction of sp³-hybridized carbons (Fsp3) is 0.417. The summed E-state index contributed by atoms with van der Waals surface area (Å²) in [6.45, 7) is 2.40. The summed E-state index contributed by atoms with van der Waals surface area (Å²) in [5.74, 6) is -5.56. The standard InChI is InChI=1S/C24H24F3N5O3S/c1-3-35-23(34)17-16(10-32-11-24(26,27)14-9-29-21(33)19(14)32)30-20(22-28-7-8-36-22)31-18(17)13-5-4-6-15(25)12(13)2/h4-8,14,18-19H,3,9-11H2,1-2H3,(H,29,33)(H,30,31). The number of amides is 1. The molecule has 0 bridgehead atoms. The number of hydrogen-bond acceptors (Lipinski definition) is 8. The molecule has 8 nitrogen and oxygen atoms in total. The van der Waals surface area contributed by atoms with E-state index in [2.05, 4.69) is 15.6 Å². The van der Waals surface area contributed by atoms with Gasteiger partial charge >= 0.3 is 5.97 Å². The minimum absolute atomic E-state index is 0.0718. The Bertz CT molecular complexity index is 1260. The van der Waals surface area contributed by atoms with Crippen LogP contribution < -0.4 is 10.6 Å². The summed E-state index contributed by atoms with van der Waals surface area (Å²) in [6.07, 6.45) is 1.59. The molecule has 2 fully saturated rings. The molecule has 3 aliphatic heterocycles. The Morgan fingerprint density at radius 3 is 2.89 bits per heavy atom. The molecule has 1 amide bonds. The molecule has 3 atom stereocenters. The number of thiazole rings is 1. The number of aliphatic imine (C=N–C) groups is 1. The van der Waals surface area contributed by atoms with Crippen LogP contribution in [0.25, 0.3) is 0 Å². The second kappa shape index (κ2) is 9.32. The molecule has 2 N–H and O–H groups in total. The maximum absolute atomic E-state index is 14.8. The molecule has 0 radical (unpaired) electrons. The number of esters is 1. The van der Waals surface area contributed by atoms with Crippen molar-refractivity contribution in [2.45, 2.75) is 31.9 Å². The summed E-state index contributed by atoms with van der Waals surface area (Å²) in [7, 11) is 0. The topological polar surface area (TPSA) is 95.9 Å². The number of ether oxygens (including phenoxy) is 1. The third kappa shape index (κ3) is 4.17. The van der Waals surface area contributed by atoms with Gasteiger partial charge in [-0.3, -0.25) is 14.7 Å². The molecule has 3 aliphatic rings. The first-order valence-corrected chi connectivity index (χ1v) is 12.4. The van der Waals surface area contributed by atoms with Gasteiger partial charge in [-0.1, -0.05) is 12.1 Å². The summed E-state index contributed by atoms with van der Waals surface area (Å²) in [6, 6.07) is 2.50. The number of likely N-dealkylation sites (tertiary alicyclic amines) is 1. The van der Waals surface area contributed by atoms with Crippen molar-refractivity contribution in [2.75, 3.05) is 26.2 Å². The highest BCUT2D eigenvalue weighted by atomic mass is 32.1. The second-order valence-electron chi connectivity index (χ2n) is 8.87. The molecule has 190 valence electrons. The van der Waals surface area contributed by atoms with Gasteiger partial charge in [-0.2, -0.15) is 0 Å². The van der Waals surface area contributed by atoms with Gasteiger partial charge in [0.25, 0.3) is 5.92 Å². The predicted octanol–water partition coefficient (Wildman–Crippen LogP) is 2.56. The van der Waals surface area contributed by atoms with Crippen molar-refractivity contribution in [3.8, 4) is 0 Å². The molecule has 36 heavy (non-hydrogen) atoms. The Hall–Kier alpha value is -3.25. The zero-order valence-electron chi connectivity index (χ0n) is 19.6. The first-order chi connectivity index (χ1) is 17.2. The smallest absolute Gasteiger partial charge is 0.338 e. The van der Waals surface area contributed by atoms with Gasteiger partial charge in [0.1, 0.15) is 17.9 Å². The van der Waals surface area contributed by atoms with Gasteiger partial charge in [0, 0.05) is 30.4 Å². The number of carbonyl (C=O) groups excluding carboxylic acids is 2. The molecule has 0 saturated carbocycles. The van der Waals surface area contributed by atoms with Gasteiger partial charge in [0.15, 0.2) is 10.8 Å². The number of fused-ring (bicyclic) bond motifs is 1. The van der Waals surface area contributed by atoms with E-state index in [1.54, 1.807) is 31.5 Å². The zero-order chi connectivity index (χ0) is 25.6.